The Morgan fingerprint density at radius 2 is 1.68 bits per heavy atom. The van der Waals surface area contributed by atoms with Crippen LogP contribution in [0.3, 0.4) is 0 Å². The van der Waals surface area contributed by atoms with Gasteiger partial charge in [0.2, 0.25) is 0 Å². The zero-order chi connectivity index (χ0) is 16.9. The number of benzene rings is 2. The topological polar surface area (TPSA) is 12.5 Å². The predicted octanol–water partition coefficient (Wildman–Crippen LogP) is 5.20. The molecule has 1 saturated carbocycles. The van der Waals surface area contributed by atoms with E-state index < -0.39 is 0 Å². The van der Waals surface area contributed by atoms with Crippen molar-refractivity contribution < 1.29 is 4.74 Å². The van der Waals surface area contributed by atoms with Gasteiger partial charge in [0.25, 0.3) is 0 Å². The van der Waals surface area contributed by atoms with E-state index in [2.05, 4.69) is 53.4 Å². The molecule has 132 valence electrons. The first-order chi connectivity index (χ1) is 12.4. The zero-order valence-electron chi connectivity index (χ0n) is 15.1. The Kier molecular flexibility index (Phi) is 5.37. The molecule has 0 bridgehead atoms. The molecule has 0 radical (unpaired) electrons. The molecule has 1 aliphatic heterocycles. The van der Waals surface area contributed by atoms with Crippen molar-refractivity contribution in [1.82, 2.24) is 4.90 Å². The van der Waals surface area contributed by atoms with Gasteiger partial charge >= 0.3 is 0 Å². The van der Waals surface area contributed by atoms with E-state index in [9.17, 15) is 0 Å². The van der Waals surface area contributed by atoms with Gasteiger partial charge in [-0.05, 0) is 67.0 Å². The maximum absolute atomic E-state index is 6.04. The van der Waals surface area contributed by atoms with Gasteiger partial charge in [-0.3, -0.25) is 4.90 Å². The molecule has 2 aromatic carbocycles. The summed E-state index contributed by atoms with van der Waals surface area (Å²) in [5, 5.41) is 0. The molecule has 0 amide bonds. The van der Waals surface area contributed by atoms with Crippen molar-refractivity contribution in [3.05, 3.63) is 65.2 Å². The van der Waals surface area contributed by atoms with Crippen LogP contribution in [0.15, 0.2) is 48.5 Å². The van der Waals surface area contributed by atoms with Crippen molar-refractivity contribution in [2.75, 3.05) is 13.2 Å². The highest BCUT2D eigenvalue weighted by Crippen LogP contribution is 2.26. The van der Waals surface area contributed by atoms with Crippen LogP contribution in [0.4, 0.5) is 0 Å². The number of fused-ring (bicyclic) bond motifs is 1. The minimum absolute atomic E-state index is 0.778. The second-order valence-electron chi connectivity index (χ2n) is 7.69. The standard InChI is InChI=1S/C23H29NO/c1-2-8-20(7-1)18-25-23-13-5-9-19(15-23)10-6-14-24-16-21-11-3-4-12-22(21)17-24/h3-5,9,11-13,15,20H,1-2,6-8,10,14,16-18H2. The number of rotatable bonds is 7. The van der Waals surface area contributed by atoms with Crippen LogP contribution in [0.5, 0.6) is 5.75 Å². The lowest BCUT2D eigenvalue weighted by Gasteiger charge is -2.15. The number of hydrogen-bond acceptors (Lipinski definition) is 2. The van der Waals surface area contributed by atoms with Crippen molar-refractivity contribution in [3.63, 3.8) is 0 Å². The Bertz CT molecular complexity index is 665. The normalized spacial score (nSPS) is 17.8. The monoisotopic (exact) mass is 335 g/mol. The van der Waals surface area contributed by atoms with Gasteiger partial charge in [-0.25, -0.2) is 0 Å². The summed E-state index contributed by atoms with van der Waals surface area (Å²) in [7, 11) is 0. The van der Waals surface area contributed by atoms with Crippen LogP contribution < -0.4 is 4.74 Å². The van der Waals surface area contributed by atoms with Crippen molar-refractivity contribution in [3.8, 4) is 5.75 Å². The summed E-state index contributed by atoms with van der Waals surface area (Å²) in [6, 6.07) is 17.6. The molecule has 25 heavy (non-hydrogen) atoms. The van der Waals surface area contributed by atoms with Crippen LogP contribution in [-0.4, -0.2) is 18.1 Å². The first kappa shape index (κ1) is 16.7. The van der Waals surface area contributed by atoms with E-state index in [1.54, 1.807) is 0 Å². The minimum Gasteiger partial charge on any atom is -0.493 e. The average Bonchev–Trinajstić information content (AvgIpc) is 3.29. The van der Waals surface area contributed by atoms with Crippen molar-refractivity contribution in [2.24, 2.45) is 5.92 Å². The average molecular weight is 335 g/mol. The van der Waals surface area contributed by atoms with E-state index >= 15 is 0 Å². The van der Waals surface area contributed by atoms with Gasteiger partial charge < -0.3 is 4.74 Å². The molecule has 2 aromatic rings. The largest absolute Gasteiger partial charge is 0.493 e. The Labute approximate surface area is 151 Å². The second kappa shape index (κ2) is 8.05. The molecule has 1 heterocycles. The predicted molar refractivity (Wildman–Crippen MR) is 103 cm³/mol. The maximum Gasteiger partial charge on any atom is 0.119 e. The summed E-state index contributed by atoms with van der Waals surface area (Å²) in [4.78, 5) is 2.56. The summed E-state index contributed by atoms with van der Waals surface area (Å²) < 4.78 is 6.04. The Morgan fingerprint density at radius 3 is 2.44 bits per heavy atom. The molecule has 0 atom stereocenters. The third-order valence-corrected chi connectivity index (χ3v) is 5.70. The molecule has 0 spiro atoms. The highest BCUT2D eigenvalue weighted by molar-refractivity contribution is 5.30. The van der Waals surface area contributed by atoms with Crippen LogP contribution in [-0.2, 0) is 19.5 Å². The number of ether oxygens (including phenoxy) is 1. The van der Waals surface area contributed by atoms with E-state index in [4.69, 9.17) is 4.74 Å². The number of hydrogen-bond donors (Lipinski definition) is 0. The lowest BCUT2D eigenvalue weighted by Crippen LogP contribution is -2.18. The van der Waals surface area contributed by atoms with Gasteiger partial charge in [-0.1, -0.05) is 49.2 Å². The quantitative estimate of drug-likeness (QED) is 0.689. The Balaban J connectivity index is 1.22. The minimum atomic E-state index is 0.778. The second-order valence-corrected chi connectivity index (χ2v) is 7.69. The van der Waals surface area contributed by atoms with Gasteiger partial charge in [0.15, 0.2) is 0 Å². The molecular weight excluding hydrogens is 306 g/mol. The van der Waals surface area contributed by atoms with Crippen molar-refractivity contribution >= 4 is 0 Å². The molecule has 2 nitrogen and oxygen atoms in total. The Hall–Kier alpha value is -1.80. The highest BCUT2D eigenvalue weighted by Gasteiger charge is 2.17. The number of nitrogens with zero attached hydrogens (tertiary/aromatic N) is 1. The molecule has 0 aromatic heterocycles. The molecule has 2 aliphatic rings. The van der Waals surface area contributed by atoms with Gasteiger partial charge in [-0.15, -0.1) is 0 Å². The number of aryl methyl sites for hydroxylation is 1. The molecule has 4 rings (SSSR count). The summed E-state index contributed by atoms with van der Waals surface area (Å²) >= 11 is 0. The first-order valence-electron chi connectivity index (χ1n) is 9.88. The zero-order valence-corrected chi connectivity index (χ0v) is 15.1. The van der Waals surface area contributed by atoms with Gasteiger partial charge in [0, 0.05) is 13.1 Å². The smallest absolute Gasteiger partial charge is 0.119 e. The summed E-state index contributed by atoms with van der Waals surface area (Å²) in [6.45, 7) is 4.29. The van der Waals surface area contributed by atoms with Crippen LogP contribution in [0.1, 0.15) is 48.8 Å². The molecule has 1 fully saturated rings. The highest BCUT2D eigenvalue weighted by atomic mass is 16.5. The van der Waals surface area contributed by atoms with Crippen molar-refractivity contribution in [1.29, 1.82) is 0 Å². The van der Waals surface area contributed by atoms with Gasteiger partial charge in [-0.2, -0.15) is 0 Å². The summed E-state index contributed by atoms with van der Waals surface area (Å²) in [5.41, 5.74) is 4.41. The van der Waals surface area contributed by atoms with E-state index in [1.807, 2.05) is 0 Å². The van der Waals surface area contributed by atoms with E-state index in [0.29, 0.717) is 0 Å². The van der Waals surface area contributed by atoms with Crippen LogP contribution >= 0.6 is 0 Å². The first-order valence-corrected chi connectivity index (χ1v) is 9.88. The van der Waals surface area contributed by atoms with Crippen LogP contribution in [0.25, 0.3) is 0 Å². The van der Waals surface area contributed by atoms with E-state index in [1.165, 1.54) is 55.3 Å². The Morgan fingerprint density at radius 1 is 0.920 bits per heavy atom. The SMILES string of the molecule is c1cc(CCCN2Cc3ccccc3C2)cc(OCC2CCCC2)c1. The molecule has 0 unspecified atom stereocenters. The molecule has 1 aliphatic carbocycles. The lowest BCUT2D eigenvalue weighted by atomic mass is 10.1. The van der Waals surface area contributed by atoms with Gasteiger partial charge in [0.05, 0.1) is 6.61 Å². The van der Waals surface area contributed by atoms with Gasteiger partial charge in [0.1, 0.15) is 5.75 Å². The summed E-state index contributed by atoms with van der Waals surface area (Å²) in [6.07, 6.45) is 7.80. The fraction of sp³-hybridized carbons (Fsp3) is 0.478. The molecular formula is C23H29NO. The third-order valence-electron chi connectivity index (χ3n) is 5.70. The summed E-state index contributed by atoms with van der Waals surface area (Å²) in [5.74, 6) is 1.83. The molecule has 2 heteroatoms. The maximum atomic E-state index is 6.04. The lowest BCUT2D eigenvalue weighted by molar-refractivity contribution is 0.252. The molecule has 0 saturated heterocycles. The molecule has 0 N–H and O–H groups in total. The third kappa shape index (κ3) is 4.43. The fourth-order valence-electron chi connectivity index (χ4n) is 4.25. The van der Waals surface area contributed by atoms with E-state index in [0.717, 1.165) is 37.8 Å². The fourth-order valence-corrected chi connectivity index (χ4v) is 4.25. The van der Waals surface area contributed by atoms with Crippen LogP contribution in [0, 0.1) is 5.92 Å². The van der Waals surface area contributed by atoms with Crippen molar-refractivity contribution in [2.45, 2.75) is 51.6 Å². The van der Waals surface area contributed by atoms with Crippen LogP contribution in [0.2, 0.25) is 0 Å². The van der Waals surface area contributed by atoms with E-state index in [-0.39, 0.29) is 0 Å².